The lowest BCUT2D eigenvalue weighted by molar-refractivity contribution is -0.123. The fraction of sp³-hybridized carbons (Fsp3) is 0.409. The van der Waals surface area contributed by atoms with Crippen molar-refractivity contribution in [1.29, 1.82) is 0 Å². The third-order valence-corrected chi connectivity index (χ3v) is 7.40. The van der Waals surface area contributed by atoms with E-state index in [1.54, 1.807) is 6.92 Å². The average molecular weight is 495 g/mol. The molecule has 2 aromatic rings. The Labute approximate surface area is 196 Å². The predicted octanol–water partition coefficient (Wildman–Crippen LogP) is 2.88. The van der Waals surface area contributed by atoms with Crippen molar-refractivity contribution in [2.45, 2.75) is 51.0 Å². The molecule has 0 bridgehead atoms. The Kier molecular flexibility index (Phi) is 7.55. The maximum Gasteiger partial charge on any atom is 0.341 e. The van der Waals surface area contributed by atoms with Crippen LogP contribution < -0.4 is 10.5 Å². The Morgan fingerprint density at radius 3 is 2.48 bits per heavy atom. The van der Waals surface area contributed by atoms with Crippen LogP contribution in [0, 0.1) is 5.92 Å². The maximum atomic E-state index is 12.7. The van der Waals surface area contributed by atoms with Crippen LogP contribution in [0.25, 0.3) is 0 Å². The molecule has 1 amide bonds. The molecule has 9 nitrogen and oxygen atoms in total. The summed E-state index contributed by atoms with van der Waals surface area (Å²) >= 11 is 1.34. The van der Waals surface area contributed by atoms with Crippen LogP contribution in [0.1, 0.15) is 58.3 Å². The Morgan fingerprint density at radius 1 is 1.21 bits per heavy atom. The lowest BCUT2D eigenvalue weighted by Gasteiger charge is -2.18. The Bertz CT molecular complexity index is 1170. The van der Waals surface area contributed by atoms with Crippen molar-refractivity contribution < 1.29 is 32.3 Å². The van der Waals surface area contributed by atoms with Crippen molar-refractivity contribution in [3.05, 3.63) is 45.8 Å². The van der Waals surface area contributed by atoms with Gasteiger partial charge in [0.15, 0.2) is 6.10 Å². The molecule has 11 heteroatoms. The Hall–Kier alpha value is -2.76. The molecule has 0 saturated heterocycles. The molecular formula is C22H26N2O7S2. The molecule has 0 fully saturated rings. The summed E-state index contributed by atoms with van der Waals surface area (Å²) in [6, 6.07) is 4.86. The van der Waals surface area contributed by atoms with Gasteiger partial charge in [-0.3, -0.25) is 4.79 Å². The number of thiophene rings is 1. The standard InChI is InChI=1S/C22H26N2O7S2/c1-4-30-22(27)18-16-10-5-12(2)11-17(16)32-20(18)24-19(25)13(3)31-21(26)14-6-8-15(9-7-14)33(23,28)29/h6-9,12-13H,4-5,10-11H2,1-3H3,(H,24,25)(H2,23,28,29)/t12-,13+/m0/s1. The van der Waals surface area contributed by atoms with E-state index in [-0.39, 0.29) is 17.1 Å². The summed E-state index contributed by atoms with van der Waals surface area (Å²) in [5.74, 6) is -1.40. The zero-order valence-corrected chi connectivity index (χ0v) is 20.2. The van der Waals surface area contributed by atoms with Gasteiger partial charge in [0.25, 0.3) is 5.91 Å². The van der Waals surface area contributed by atoms with E-state index in [0.717, 1.165) is 29.7 Å². The van der Waals surface area contributed by atoms with Crippen LogP contribution in [0.3, 0.4) is 0 Å². The monoisotopic (exact) mass is 494 g/mol. The number of hydrogen-bond acceptors (Lipinski definition) is 8. The number of hydrogen-bond donors (Lipinski definition) is 2. The number of ether oxygens (including phenoxy) is 2. The van der Waals surface area contributed by atoms with Gasteiger partial charge in [-0.15, -0.1) is 11.3 Å². The Morgan fingerprint density at radius 2 is 1.88 bits per heavy atom. The van der Waals surface area contributed by atoms with E-state index in [4.69, 9.17) is 14.6 Å². The number of nitrogens with two attached hydrogens (primary N) is 1. The molecule has 0 aliphatic heterocycles. The van der Waals surface area contributed by atoms with Gasteiger partial charge < -0.3 is 14.8 Å². The molecule has 3 rings (SSSR count). The highest BCUT2D eigenvalue weighted by Gasteiger charge is 2.30. The van der Waals surface area contributed by atoms with Crippen LogP contribution in [0.15, 0.2) is 29.2 Å². The summed E-state index contributed by atoms with van der Waals surface area (Å²) in [6.07, 6.45) is 1.34. The van der Waals surface area contributed by atoms with Gasteiger partial charge in [-0.05, 0) is 68.9 Å². The summed E-state index contributed by atoms with van der Waals surface area (Å²) in [7, 11) is -3.89. The molecule has 0 radical (unpaired) electrons. The van der Waals surface area contributed by atoms with Gasteiger partial charge >= 0.3 is 11.9 Å². The number of benzene rings is 1. The molecule has 0 saturated carbocycles. The maximum absolute atomic E-state index is 12.7. The zero-order chi connectivity index (χ0) is 24.3. The zero-order valence-electron chi connectivity index (χ0n) is 18.5. The quantitative estimate of drug-likeness (QED) is 0.564. The van der Waals surface area contributed by atoms with Crippen LogP contribution >= 0.6 is 11.3 Å². The first kappa shape index (κ1) is 24.9. The number of amides is 1. The van der Waals surface area contributed by atoms with Crippen LogP contribution in [-0.2, 0) is 37.1 Å². The van der Waals surface area contributed by atoms with Gasteiger partial charge in [0.2, 0.25) is 10.0 Å². The number of primary sulfonamides is 1. The molecule has 3 N–H and O–H groups in total. The van der Waals surface area contributed by atoms with E-state index in [0.29, 0.717) is 16.5 Å². The van der Waals surface area contributed by atoms with Crippen molar-refractivity contribution >= 4 is 44.2 Å². The Balaban J connectivity index is 1.74. The predicted molar refractivity (Wildman–Crippen MR) is 123 cm³/mol. The molecule has 0 spiro atoms. The summed E-state index contributed by atoms with van der Waals surface area (Å²) in [6.45, 7) is 5.48. The fourth-order valence-electron chi connectivity index (χ4n) is 3.53. The van der Waals surface area contributed by atoms with Gasteiger partial charge in [-0.1, -0.05) is 6.92 Å². The van der Waals surface area contributed by atoms with Gasteiger partial charge in [-0.25, -0.2) is 23.1 Å². The van der Waals surface area contributed by atoms with Crippen molar-refractivity contribution in [3.8, 4) is 0 Å². The van der Waals surface area contributed by atoms with Crippen LogP contribution in [0.2, 0.25) is 0 Å². The number of carbonyl (C=O) groups excluding carboxylic acids is 3. The van der Waals surface area contributed by atoms with E-state index in [1.807, 2.05) is 0 Å². The van der Waals surface area contributed by atoms with Crippen LogP contribution in [0.4, 0.5) is 5.00 Å². The molecular weight excluding hydrogens is 468 g/mol. The number of rotatable bonds is 7. The van der Waals surface area contributed by atoms with E-state index in [2.05, 4.69) is 12.2 Å². The summed E-state index contributed by atoms with van der Waals surface area (Å²) in [5, 5.41) is 8.14. The number of anilines is 1. The van der Waals surface area contributed by atoms with E-state index in [9.17, 15) is 22.8 Å². The number of esters is 2. The van der Waals surface area contributed by atoms with E-state index < -0.39 is 34.0 Å². The summed E-state index contributed by atoms with van der Waals surface area (Å²) in [5.41, 5.74) is 1.34. The van der Waals surface area contributed by atoms with Crippen LogP contribution in [-0.4, -0.2) is 39.0 Å². The first-order valence-corrected chi connectivity index (χ1v) is 12.8. The summed E-state index contributed by atoms with van der Waals surface area (Å²) < 4.78 is 33.1. The molecule has 2 atom stereocenters. The van der Waals surface area contributed by atoms with Crippen molar-refractivity contribution in [3.63, 3.8) is 0 Å². The number of sulfonamides is 1. The minimum absolute atomic E-state index is 0.0647. The highest BCUT2D eigenvalue weighted by molar-refractivity contribution is 7.89. The smallest absolute Gasteiger partial charge is 0.341 e. The molecule has 178 valence electrons. The van der Waals surface area contributed by atoms with Crippen molar-refractivity contribution in [1.82, 2.24) is 0 Å². The third-order valence-electron chi connectivity index (χ3n) is 5.30. The van der Waals surface area contributed by atoms with Gasteiger partial charge in [0.1, 0.15) is 5.00 Å². The van der Waals surface area contributed by atoms with Gasteiger partial charge in [-0.2, -0.15) is 0 Å². The molecule has 1 aliphatic rings. The minimum Gasteiger partial charge on any atom is -0.462 e. The minimum atomic E-state index is -3.89. The van der Waals surface area contributed by atoms with Crippen LogP contribution in [0.5, 0.6) is 0 Å². The van der Waals surface area contributed by atoms with Gasteiger partial charge in [0.05, 0.1) is 22.6 Å². The first-order valence-electron chi connectivity index (χ1n) is 10.5. The highest BCUT2D eigenvalue weighted by atomic mass is 32.2. The average Bonchev–Trinajstić information content (AvgIpc) is 3.10. The third kappa shape index (κ3) is 5.79. The number of nitrogens with one attached hydrogen (secondary N) is 1. The molecule has 1 aliphatic carbocycles. The lowest BCUT2D eigenvalue weighted by atomic mass is 9.88. The number of carbonyl (C=O) groups is 3. The highest BCUT2D eigenvalue weighted by Crippen LogP contribution is 2.40. The fourth-order valence-corrected chi connectivity index (χ4v) is 5.45. The SMILES string of the molecule is CCOC(=O)c1c(NC(=O)[C@@H](C)OC(=O)c2ccc(S(N)(=O)=O)cc2)sc2c1CC[C@H](C)C2. The lowest BCUT2D eigenvalue weighted by Crippen LogP contribution is -2.30. The van der Waals surface area contributed by atoms with E-state index in [1.165, 1.54) is 42.5 Å². The van der Waals surface area contributed by atoms with Gasteiger partial charge in [0, 0.05) is 4.88 Å². The topological polar surface area (TPSA) is 142 Å². The second-order valence-corrected chi connectivity index (χ2v) is 10.5. The second kappa shape index (κ2) is 10.0. The second-order valence-electron chi connectivity index (χ2n) is 7.88. The first-order chi connectivity index (χ1) is 15.5. The molecule has 33 heavy (non-hydrogen) atoms. The normalized spacial score (nSPS) is 16.4. The molecule has 1 heterocycles. The van der Waals surface area contributed by atoms with Crippen molar-refractivity contribution in [2.24, 2.45) is 11.1 Å². The summed E-state index contributed by atoms with van der Waals surface area (Å²) in [4.78, 5) is 38.6. The number of fused-ring (bicyclic) bond motifs is 1. The van der Waals surface area contributed by atoms with Crippen molar-refractivity contribution in [2.75, 3.05) is 11.9 Å². The largest absolute Gasteiger partial charge is 0.462 e. The molecule has 0 unspecified atom stereocenters. The molecule has 1 aromatic heterocycles. The molecule has 1 aromatic carbocycles. The van der Waals surface area contributed by atoms with E-state index >= 15 is 0 Å².